The Bertz CT molecular complexity index is 967. The number of nitrogens with one attached hydrogen (secondary N) is 1. The van der Waals surface area contributed by atoms with E-state index < -0.39 is 16.1 Å². The van der Waals surface area contributed by atoms with E-state index in [0.717, 1.165) is 5.56 Å². The van der Waals surface area contributed by atoms with Crippen molar-refractivity contribution in [3.8, 4) is 5.75 Å². The van der Waals surface area contributed by atoms with Crippen LogP contribution in [-0.2, 0) is 19.6 Å². The maximum atomic E-state index is 13.0. The summed E-state index contributed by atoms with van der Waals surface area (Å²) < 4.78 is 38.3. The number of nitrogens with zero attached hydrogens (tertiary/aromatic N) is 1. The van der Waals surface area contributed by atoms with Crippen LogP contribution < -0.4 is 10.1 Å². The van der Waals surface area contributed by atoms with E-state index in [1.54, 1.807) is 38.1 Å². The van der Waals surface area contributed by atoms with E-state index in [0.29, 0.717) is 43.3 Å². The number of ether oxygens (including phenoxy) is 2. The normalized spacial score (nSPS) is 16.2. The minimum absolute atomic E-state index is 0.185. The monoisotopic (exact) mass is 418 g/mol. The van der Waals surface area contributed by atoms with Gasteiger partial charge in [0.25, 0.3) is 5.91 Å². The second-order valence-corrected chi connectivity index (χ2v) is 8.97. The van der Waals surface area contributed by atoms with Gasteiger partial charge >= 0.3 is 0 Å². The third-order valence-electron chi connectivity index (χ3n) is 4.75. The molecule has 2 aromatic carbocycles. The Morgan fingerprint density at radius 2 is 1.76 bits per heavy atom. The Kier molecular flexibility index (Phi) is 6.56. The second kappa shape index (κ2) is 8.94. The van der Waals surface area contributed by atoms with E-state index in [2.05, 4.69) is 5.32 Å². The van der Waals surface area contributed by atoms with Gasteiger partial charge in [0.05, 0.1) is 18.1 Å². The topological polar surface area (TPSA) is 84.9 Å². The van der Waals surface area contributed by atoms with Gasteiger partial charge in [0, 0.05) is 18.8 Å². The fourth-order valence-corrected chi connectivity index (χ4v) is 4.66. The first-order chi connectivity index (χ1) is 13.8. The molecule has 1 aliphatic heterocycles. The summed E-state index contributed by atoms with van der Waals surface area (Å²) in [5.41, 5.74) is 2.13. The van der Waals surface area contributed by atoms with Crippen molar-refractivity contribution >= 4 is 21.6 Å². The van der Waals surface area contributed by atoms with Gasteiger partial charge in [0.2, 0.25) is 10.0 Å². The van der Waals surface area contributed by atoms with Gasteiger partial charge in [-0.2, -0.15) is 4.31 Å². The average Bonchev–Trinajstić information content (AvgIpc) is 2.71. The van der Waals surface area contributed by atoms with Gasteiger partial charge in [-0.15, -0.1) is 0 Å². The molecule has 3 rings (SSSR count). The number of anilines is 1. The van der Waals surface area contributed by atoms with Crippen LogP contribution in [0.5, 0.6) is 5.75 Å². The first-order valence-electron chi connectivity index (χ1n) is 9.50. The van der Waals surface area contributed by atoms with E-state index in [1.807, 2.05) is 19.1 Å². The number of aryl methyl sites for hydroxylation is 2. The summed E-state index contributed by atoms with van der Waals surface area (Å²) in [7, 11) is -3.65. The van der Waals surface area contributed by atoms with Crippen LogP contribution in [0.1, 0.15) is 18.1 Å². The van der Waals surface area contributed by atoms with Crippen molar-refractivity contribution in [1.29, 1.82) is 0 Å². The minimum atomic E-state index is -3.65. The smallest absolute Gasteiger partial charge is 0.265 e. The molecule has 156 valence electrons. The summed E-state index contributed by atoms with van der Waals surface area (Å²) in [6.45, 7) is 6.75. The van der Waals surface area contributed by atoms with E-state index in [1.165, 1.54) is 10.4 Å². The number of morpholine rings is 1. The standard InChI is InChI=1S/C21H26N2O5S/c1-15-4-8-19(9-5-15)28-17(3)21(24)22-18-7-6-16(2)20(14-18)29(25,26)23-10-12-27-13-11-23/h4-9,14,17H,10-13H2,1-3H3,(H,22,24)/t17-/m1/s1. The van der Waals surface area contributed by atoms with Gasteiger partial charge in [-0.25, -0.2) is 8.42 Å². The van der Waals surface area contributed by atoms with Crippen LogP contribution in [0, 0.1) is 13.8 Å². The Morgan fingerprint density at radius 3 is 2.41 bits per heavy atom. The molecule has 0 bridgehead atoms. The Balaban J connectivity index is 1.73. The lowest BCUT2D eigenvalue weighted by Gasteiger charge is -2.27. The van der Waals surface area contributed by atoms with E-state index in [4.69, 9.17) is 9.47 Å². The number of carbonyl (C=O) groups excluding carboxylic acids is 1. The number of rotatable bonds is 6. The van der Waals surface area contributed by atoms with Crippen LogP contribution in [0.2, 0.25) is 0 Å². The lowest BCUT2D eigenvalue weighted by atomic mass is 10.2. The average molecular weight is 419 g/mol. The molecule has 0 spiro atoms. The molecule has 1 N–H and O–H groups in total. The molecule has 1 saturated heterocycles. The van der Waals surface area contributed by atoms with Crippen LogP contribution in [0.4, 0.5) is 5.69 Å². The number of benzene rings is 2. The van der Waals surface area contributed by atoms with E-state index >= 15 is 0 Å². The third-order valence-corrected chi connectivity index (χ3v) is 6.79. The van der Waals surface area contributed by atoms with Crippen molar-refractivity contribution in [3.63, 3.8) is 0 Å². The molecule has 0 unspecified atom stereocenters. The number of sulfonamides is 1. The van der Waals surface area contributed by atoms with Gasteiger partial charge < -0.3 is 14.8 Å². The maximum absolute atomic E-state index is 13.0. The SMILES string of the molecule is Cc1ccc(O[C@H](C)C(=O)Nc2ccc(C)c(S(=O)(=O)N3CCOCC3)c2)cc1. The molecule has 29 heavy (non-hydrogen) atoms. The highest BCUT2D eigenvalue weighted by Crippen LogP contribution is 2.24. The Hall–Kier alpha value is -2.42. The fourth-order valence-electron chi connectivity index (χ4n) is 3.00. The van der Waals surface area contributed by atoms with Gasteiger partial charge in [-0.05, 0) is 50.6 Å². The lowest BCUT2D eigenvalue weighted by molar-refractivity contribution is -0.122. The van der Waals surface area contributed by atoms with Crippen molar-refractivity contribution in [3.05, 3.63) is 53.6 Å². The van der Waals surface area contributed by atoms with Crippen molar-refractivity contribution in [1.82, 2.24) is 4.31 Å². The molecule has 0 saturated carbocycles. The highest BCUT2D eigenvalue weighted by Gasteiger charge is 2.28. The van der Waals surface area contributed by atoms with Crippen molar-refractivity contribution in [2.24, 2.45) is 0 Å². The number of hydrogen-bond acceptors (Lipinski definition) is 5. The predicted octanol–water partition coefficient (Wildman–Crippen LogP) is 2.73. The van der Waals surface area contributed by atoms with E-state index in [9.17, 15) is 13.2 Å². The number of carbonyl (C=O) groups is 1. The summed E-state index contributed by atoms with van der Waals surface area (Å²) in [5.74, 6) is 0.238. The molecule has 0 aromatic heterocycles. The first-order valence-corrected chi connectivity index (χ1v) is 10.9. The molecule has 1 amide bonds. The number of hydrogen-bond donors (Lipinski definition) is 1. The molecule has 1 fully saturated rings. The lowest BCUT2D eigenvalue weighted by Crippen LogP contribution is -2.40. The van der Waals surface area contributed by atoms with Gasteiger partial charge in [0.1, 0.15) is 5.75 Å². The first kappa shape index (κ1) is 21.3. The highest BCUT2D eigenvalue weighted by molar-refractivity contribution is 7.89. The fraction of sp³-hybridized carbons (Fsp3) is 0.381. The van der Waals surface area contributed by atoms with Crippen LogP contribution in [-0.4, -0.2) is 51.0 Å². The highest BCUT2D eigenvalue weighted by atomic mass is 32.2. The van der Waals surface area contributed by atoms with Gasteiger partial charge in [0.15, 0.2) is 6.10 Å². The summed E-state index contributed by atoms with van der Waals surface area (Å²) in [6.07, 6.45) is -0.738. The number of amides is 1. The molecule has 1 aliphatic rings. The second-order valence-electron chi connectivity index (χ2n) is 7.06. The van der Waals surface area contributed by atoms with Gasteiger partial charge in [-0.3, -0.25) is 4.79 Å². The quantitative estimate of drug-likeness (QED) is 0.780. The summed E-state index contributed by atoms with van der Waals surface area (Å²) in [4.78, 5) is 12.7. The minimum Gasteiger partial charge on any atom is -0.481 e. The summed E-state index contributed by atoms with van der Waals surface area (Å²) >= 11 is 0. The summed E-state index contributed by atoms with van der Waals surface area (Å²) in [5, 5.41) is 2.74. The summed E-state index contributed by atoms with van der Waals surface area (Å²) in [6, 6.07) is 12.3. The molecule has 8 heteroatoms. The van der Waals surface area contributed by atoms with Crippen molar-refractivity contribution in [2.45, 2.75) is 31.8 Å². The zero-order chi connectivity index (χ0) is 21.0. The zero-order valence-electron chi connectivity index (χ0n) is 16.8. The van der Waals surface area contributed by atoms with Crippen LogP contribution in [0.3, 0.4) is 0 Å². The molecule has 1 heterocycles. The predicted molar refractivity (Wildman–Crippen MR) is 111 cm³/mol. The zero-order valence-corrected chi connectivity index (χ0v) is 17.7. The molecular weight excluding hydrogens is 392 g/mol. The largest absolute Gasteiger partial charge is 0.481 e. The molecule has 0 radical (unpaired) electrons. The Morgan fingerprint density at radius 1 is 1.10 bits per heavy atom. The third kappa shape index (κ3) is 5.14. The van der Waals surface area contributed by atoms with Crippen molar-refractivity contribution < 1.29 is 22.7 Å². The molecule has 7 nitrogen and oxygen atoms in total. The Labute approximate surface area is 171 Å². The van der Waals surface area contributed by atoms with Crippen LogP contribution in [0.25, 0.3) is 0 Å². The maximum Gasteiger partial charge on any atom is 0.265 e. The molecule has 1 atom stereocenters. The van der Waals surface area contributed by atoms with Crippen molar-refractivity contribution in [2.75, 3.05) is 31.6 Å². The molecule has 2 aromatic rings. The molecule has 0 aliphatic carbocycles. The molecular formula is C21H26N2O5S. The van der Waals surface area contributed by atoms with E-state index in [-0.39, 0.29) is 10.8 Å². The van der Waals surface area contributed by atoms with Gasteiger partial charge in [-0.1, -0.05) is 23.8 Å². The van der Waals surface area contributed by atoms with Crippen LogP contribution in [0.15, 0.2) is 47.4 Å². The van der Waals surface area contributed by atoms with Crippen LogP contribution >= 0.6 is 0 Å².